The zero-order chi connectivity index (χ0) is 21.1. The van der Waals surface area contributed by atoms with Crippen molar-refractivity contribution in [1.29, 1.82) is 0 Å². The van der Waals surface area contributed by atoms with Gasteiger partial charge in [0.1, 0.15) is 6.54 Å². The van der Waals surface area contributed by atoms with Crippen molar-refractivity contribution in [2.24, 2.45) is 0 Å². The zero-order valence-electron chi connectivity index (χ0n) is 17.0. The molecule has 2 aromatic carbocycles. The summed E-state index contributed by atoms with van der Waals surface area (Å²) in [5, 5.41) is 3.03. The minimum atomic E-state index is -0.425. The third kappa shape index (κ3) is 4.27. The number of nitrogens with one attached hydrogen (secondary N) is 1. The van der Waals surface area contributed by atoms with E-state index in [2.05, 4.69) is 10.2 Å². The van der Waals surface area contributed by atoms with Crippen molar-refractivity contribution in [3.8, 4) is 0 Å². The first kappa shape index (κ1) is 20.3. The van der Waals surface area contributed by atoms with Gasteiger partial charge in [-0.1, -0.05) is 42.0 Å². The van der Waals surface area contributed by atoms with Crippen molar-refractivity contribution >= 4 is 17.7 Å². The van der Waals surface area contributed by atoms with Crippen molar-refractivity contribution in [2.45, 2.75) is 13.0 Å². The molecule has 1 fully saturated rings. The summed E-state index contributed by atoms with van der Waals surface area (Å²) in [5.41, 5.74) is 2.82. The second-order valence-corrected chi connectivity index (χ2v) is 7.69. The van der Waals surface area contributed by atoms with Crippen LogP contribution in [0.2, 0.25) is 0 Å². The van der Waals surface area contributed by atoms with Crippen molar-refractivity contribution in [3.05, 3.63) is 70.8 Å². The lowest BCUT2D eigenvalue weighted by Gasteiger charge is -2.31. The quantitative estimate of drug-likeness (QED) is 0.739. The number of aryl methyl sites for hydroxylation is 1. The van der Waals surface area contributed by atoms with Crippen LogP contribution >= 0.6 is 0 Å². The number of benzene rings is 2. The van der Waals surface area contributed by atoms with E-state index >= 15 is 0 Å². The van der Waals surface area contributed by atoms with Gasteiger partial charge < -0.3 is 10.1 Å². The fourth-order valence-electron chi connectivity index (χ4n) is 3.84. The number of amides is 3. The second-order valence-electron chi connectivity index (χ2n) is 7.69. The molecule has 30 heavy (non-hydrogen) atoms. The number of imide groups is 1. The fraction of sp³-hybridized carbons (Fsp3) is 0.348. The van der Waals surface area contributed by atoms with Crippen molar-refractivity contribution < 1.29 is 19.1 Å². The summed E-state index contributed by atoms with van der Waals surface area (Å²) in [6.07, 6.45) is 0. The maximum atomic E-state index is 12.8. The Hall–Kier alpha value is -3.03. The van der Waals surface area contributed by atoms with Crippen LogP contribution in [-0.4, -0.2) is 66.9 Å². The van der Waals surface area contributed by atoms with E-state index in [0.29, 0.717) is 30.9 Å². The number of nitrogens with zero attached hydrogens (tertiary/aromatic N) is 2. The molecular formula is C23H25N3O4. The molecule has 2 heterocycles. The van der Waals surface area contributed by atoms with Crippen LogP contribution in [-0.2, 0) is 9.53 Å². The number of fused-ring (bicyclic) bond motifs is 1. The molecule has 1 N–H and O–H groups in total. The highest BCUT2D eigenvalue weighted by atomic mass is 16.5. The van der Waals surface area contributed by atoms with Gasteiger partial charge >= 0.3 is 0 Å². The molecule has 3 amide bonds. The van der Waals surface area contributed by atoms with E-state index in [0.717, 1.165) is 29.1 Å². The maximum Gasteiger partial charge on any atom is 0.262 e. The van der Waals surface area contributed by atoms with Crippen LogP contribution in [0.1, 0.15) is 37.9 Å². The molecule has 2 aliphatic rings. The third-order valence-electron chi connectivity index (χ3n) is 5.54. The molecule has 0 saturated carbocycles. The van der Waals surface area contributed by atoms with E-state index in [4.69, 9.17) is 4.74 Å². The second kappa shape index (κ2) is 8.77. The number of ether oxygens (including phenoxy) is 1. The number of carbonyl (C=O) groups is 3. The van der Waals surface area contributed by atoms with Crippen LogP contribution in [0.5, 0.6) is 0 Å². The van der Waals surface area contributed by atoms with Crippen LogP contribution < -0.4 is 5.32 Å². The Kier molecular flexibility index (Phi) is 5.92. The Morgan fingerprint density at radius 1 is 1.00 bits per heavy atom. The predicted octanol–water partition coefficient (Wildman–Crippen LogP) is 1.78. The highest BCUT2D eigenvalue weighted by Crippen LogP contribution is 2.22. The standard InChI is InChI=1S/C23H25N3O4/c1-16-6-8-17(9-7-16)20(14-25-10-12-30-13-11-25)24-21(27)15-26-22(28)18-4-2-3-5-19(18)23(26)29/h2-9,20H,10-15H2,1H3,(H,24,27)/t20-/m1/s1. The Morgan fingerprint density at radius 2 is 1.60 bits per heavy atom. The topological polar surface area (TPSA) is 79.0 Å². The monoisotopic (exact) mass is 407 g/mol. The smallest absolute Gasteiger partial charge is 0.262 e. The van der Waals surface area contributed by atoms with E-state index in [-0.39, 0.29) is 18.5 Å². The number of carbonyl (C=O) groups excluding carboxylic acids is 3. The van der Waals surface area contributed by atoms with Crippen LogP contribution in [0.25, 0.3) is 0 Å². The van der Waals surface area contributed by atoms with Gasteiger partial charge in [0, 0.05) is 19.6 Å². The number of hydrogen-bond donors (Lipinski definition) is 1. The van der Waals surface area contributed by atoms with Gasteiger partial charge in [-0.3, -0.25) is 24.2 Å². The minimum Gasteiger partial charge on any atom is -0.379 e. The first-order chi connectivity index (χ1) is 14.5. The Balaban J connectivity index is 1.47. The Bertz CT molecular complexity index is 916. The SMILES string of the molecule is Cc1ccc([C@@H](CN2CCOCC2)NC(=O)CN2C(=O)c3ccccc3C2=O)cc1. The van der Waals surface area contributed by atoms with Gasteiger partial charge in [-0.2, -0.15) is 0 Å². The van der Waals surface area contributed by atoms with Crippen LogP contribution in [0.4, 0.5) is 0 Å². The first-order valence-corrected chi connectivity index (χ1v) is 10.1. The molecule has 2 aliphatic heterocycles. The summed E-state index contributed by atoms with van der Waals surface area (Å²) in [6, 6.07) is 14.4. The van der Waals surface area contributed by atoms with E-state index in [1.807, 2.05) is 31.2 Å². The van der Waals surface area contributed by atoms with Gasteiger partial charge in [-0.25, -0.2) is 0 Å². The molecule has 2 aromatic rings. The van der Waals surface area contributed by atoms with Crippen LogP contribution in [0.15, 0.2) is 48.5 Å². The molecule has 7 heteroatoms. The number of rotatable bonds is 6. The summed E-state index contributed by atoms with van der Waals surface area (Å²) in [6.45, 7) is 5.31. The molecule has 1 atom stereocenters. The van der Waals surface area contributed by atoms with Crippen molar-refractivity contribution in [2.75, 3.05) is 39.4 Å². The summed E-state index contributed by atoms with van der Waals surface area (Å²) in [5.74, 6) is -1.21. The maximum absolute atomic E-state index is 12.8. The first-order valence-electron chi connectivity index (χ1n) is 10.1. The van der Waals surface area contributed by atoms with E-state index in [1.165, 1.54) is 0 Å². The molecule has 0 spiro atoms. The zero-order valence-corrected chi connectivity index (χ0v) is 17.0. The van der Waals surface area contributed by atoms with Gasteiger partial charge in [0.25, 0.3) is 11.8 Å². The van der Waals surface area contributed by atoms with E-state index in [9.17, 15) is 14.4 Å². The van der Waals surface area contributed by atoms with Crippen molar-refractivity contribution in [3.63, 3.8) is 0 Å². The highest BCUT2D eigenvalue weighted by molar-refractivity contribution is 6.22. The molecular weight excluding hydrogens is 382 g/mol. The summed E-state index contributed by atoms with van der Waals surface area (Å²) in [7, 11) is 0. The molecule has 4 rings (SSSR count). The lowest BCUT2D eigenvalue weighted by Crippen LogP contribution is -2.46. The lowest BCUT2D eigenvalue weighted by atomic mass is 10.0. The fourth-order valence-corrected chi connectivity index (χ4v) is 3.84. The van der Waals surface area contributed by atoms with Crippen molar-refractivity contribution in [1.82, 2.24) is 15.1 Å². The summed E-state index contributed by atoms with van der Waals surface area (Å²) >= 11 is 0. The predicted molar refractivity (Wildman–Crippen MR) is 111 cm³/mol. The van der Waals surface area contributed by atoms with Gasteiger partial charge in [-0.05, 0) is 24.6 Å². The average molecular weight is 407 g/mol. The normalized spacial score (nSPS) is 17.7. The van der Waals surface area contributed by atoms with E-state index in [1.54, 1.807) is 24.3 Å². The van der Waals surface area contributed by atoms with Gasteiger partial charge in [0.15, 0.2) is 0 Å². The number of morpholine rings is 1. The molecule has 156 valence electrons. The average Bonchev–Trinajstić information content (AvgIpc) is 3.00. The number of hydrogen-bond acceptors (Lipinski definition) is 5. The summed E-state index contributed by atoms with van der Waals surface area (Å²) in [4.78, 5) is 41.2. The molecule has 1 saturated heterocycles. The lowest BCUT2D eigenvalue weighted by molar-refractivity contribution is -0.122. The molecule has 0 radical (unpaired) electrons. The Morgan fingerprint density at radius 3 is 2.20 bits per heavy atom. The molecule has 7 nitrogen and oxygen atoms in total. The third-order valence-corrected chi connectivity index (χ3v) is 5.54. The molecule has 0 bridgehead atoms. The summed E-state index contributed by atoms with van der Waals surface area (Å²) < 4.78 is 5.42. The van der Waals surface area contributed by atoms with Crippen LogP contribution in [0, 0.1) is 6.92 Å². The van der Waals surface area contributed by atoms with Gasteiger partial charge in [-0.15, -0.1) is 0 Å². The van der Waals surface area contributed by atoms with Crippen LogP contribution in [0.3, 0.4) is 0 Å². The molecule has 0 aromatic heterocycles. The molecule has 0 unspecified atom stereocenters. The Labute approximate surface area is 175 Å². The highest BCUT2D eigenvalue weighted by Gasteiger charge is 2.36. The van der Waals surface area contributed by atoms with Gasteiger partial charge in [0.05, 0.1) is 30.4 Å². The largest absolute Gasteiger partial charge is 0.379 e. The van der Waals surface area contributed by atoms with E-state index < -0.39 is 11.8 Å². The van der Waals surface area contributed by atoms with Gasteiger partial charge in [0.2, 0.25) is 5.91 Å². The minimum absolute atomic E-state index is 0.244. The molecule has 0 aliphatic carbocycles.